The molecule has 1 N–H and O–H groups in total. The summed E-state index contributed by atoms with van der Waals surface area (Å²) in [5, 5.41) is 15.0. The highest BCUT2D eigenvalue weighted by atomic mass is 19.1. The van der Waals surface area contributed by atoms with E-state index in [1.165, 1.54) is 12.1 Å². The van der Waals surface area contributed by atoms with Gasteiger partial charge in [0.25, 0.3) is 0 Å². The molecule has 1 aliphatic rings. The van der Waals surface area contributed by atoms with Crippen molar-refractivity contribution in [1.82, 2.24) is 14.8 Å². The Bertz CT molecular complexity index is 1660. The second-order valence-electron chi connectivity index (χ2n) is 13.9. The normalized spacial score (nSPS) is 15.5. The van der Waals surface area contributed by atoms with Crippen molar-refractivity contribution in [3.05, 3.63) is 83.6 Å². The number of anilines is 1. The molecule has 46 heavy (non-hydrogen) atoms. The Hall–Kier alpha value is -4.24. The van der Waals surface area contributed by atoms with Crippen molar-refractivity contribution in [3.8, 4) is 28.1 Å². The number of hydrogen-bond acceptors (Lipinski definition) is 6. The summed E-state index contributed by atoms with van der Waals surface area (Å²) in [5.41, 5.74) is 5.81. The number of benzene rings is 2. The van der Waals surface area contributed by atoms with Crippen molar-refractivity contribution in [2.75, 3.05) is 24.6 Å². The number of pyridine rings is 1. The zero-order valence-corrected chi connectivity index (χ0v) is 27.9. The SMILES string of the molecule is Cc1nc(-c2cnn(C)c2)c(-c2ccc(OCCc3ccc(F)cc3)cc2)c(N2CCC(C)(C)CC2)c1C(OC(C)(C)C)C(=O)O. The van der Waals surface area contributed by atoms with Crippen LogP contribution in [0.4, 0.5) is 10.1 Å². The van der Waals surface area contributed by atoms with Gasteiger partial charge in [-0.1, -0.05) is 38.1 Å². The molecule has 244 valence electrons. The fourth-order valence-electron chi connectivity index (χ4n) is 5.95. The van der Waals surface area contributed by atoms with Crippen LogP contribution < -0.4 is 9.64 Å². The molecule has 0 aliphatic carbocycles. The third kappa shape index (κ3) is 7.76. The van der Waals surface area contributed by atoms with E-state index in [4.69, 9.17) is 14.5 Å². The average molecular weight is 629 g/mol. The van der Waals surface area contributed by atoms with Crippen LogP contribution in [0.5, 0.6) is 5.75 Å². The number of carbonyl (C=O) groups is 1. The number of rotatable bonds is 10. The van der Waals surface area contributed by atoms with Gasteiger partial charge in [-0.15, -0.1) is 0 Å². The maximum Gasteiger partial charge on any atom is 0.337 e. The van der Waals surface area contributed by atoms with Gasteiger partial charge < -0.3 is 19.5 Å². The zero-order chi connectivity index (χ0) is 33.2. The molecule has 1 unspecified atom stereocenters. The van der Waals surface area contributed by atoms with E-state index in [-0.39, 0.29) is 11.2 Å². The van der Waals surface area contributed by atoms with Crippen molar-refractivity contribution in [2.45, 2.75) is 72.5 Å². The Labute approximate surface area is 271 Å². The predicted molar refractivity (Wildman–Crippen MR) is 179 cm³/mol. The van der Waals surface area contributed by atoms with Gasteiger partial charge in [0, 0.05) is 55.1 Å². The fraction of sp³-hybridized carbons (Fsp3) is 0.432. The number of carboxylic acid groups (broad SMARTS) is 1. The second-order valence-corrected chi connectivity index (χ2v) is 13.9. The molecule has 0 bridgehead atoms. The smallest absolute Gasteiger partial charge is 0.337 e. The van der Waals surface area contributed by atoms with Crippen LogP contribution in [0.1, 0.15) is 70.4 Å². The third-order valence-electron chi connectivity index (χ3n) is 8.48. The molecular formula is C37H45FN4O4. The number of aryl methyl sites for hydroxylation is 2. The molecule has 9 heteroatoms. The van der Waals surface area contributed by atoms with Crippen molar-refractivity contribution >= 4 is 11.7 Å². The Morgan fingerprint density at radius 1 is 1.04 bits per heavy atom. The monoisotopic (exact) mass is 628 g/mol. The number of nitrogens with zero attached hydrogens (tertiary/aromatic N) is 4. The molecule has 2 aromatic heterocycles. The average Bonchev–Trinajstić information content (AvgIpc) is 3.42. The van der Waals surface area contributed by atoms with Crippen molar-refractivity contribution in [1.29, 1.82) is 0 Å². The summed E-state index contributed by atoms with van der Waals surface area (Å²) in [7, 11) is 1.87. The van der Waals surface area contributed by atoms with Crippen LogP contribution >= 0.6 is 0 Å². The van der Waals surface area contributed by atoms with Crippen LogP contribution in [-0.2, 0) is 23.0 Å². The standard InChI is InChI=1S/C37H45FN4O4/c1-24-30(34(35(43)44)46-36(2,3)4)33(42-19-17-37(5,6)18-20-42)31(32(40-24)27-22-39-41(7)23-27)26-10-14-29(15-11-26)45-21-16-25-8-12-28(38)13-9-25/h8-15,22-23,34H,16-21H2,1-7H3,(H,43,44). The molecule has 1 saturated heterocycles. The first-order valence-electron chi connectivity index (χ1n) is 15.9. The number of carboxylic acids is 1. The largest absolute Gasteiger partial charge is 0.493 e. The molecule has 0 saturated carbocycles. The summed E-state index contributed by atoms with van der Waals surface area (Å²) >= 11 is 0. The van der Waals surface area contributed by atoms with Gasteiger partial charge in [-0.2, -0.15) is 5.10 Å². The van der Waals surface area contributed by atoms with E-state index in [0.29, 0.717) is 30.0 Å². The maximum absolute atomic E-state index is 13.3. The molecule has 0 radical (unpaired) electrons. The molecule has 1 atom stereocenters. The molecule has 1 fully saturated rings. The Morgan fingerprint density at radius 2 is 1.70 bits per heavy atom. The molecule has 4 aromatic rings. The molecule has 1 aliphatic heterocycles. The van der Waals surface area contributed by atoms with Crippen LogP contribution in [0.2, 0.25) is 0 Å². The number of ether oxygens (including phenoxy) is 2. The number of aromatic nitrogens is 3. The van der Waals surface area contributed by atoms with E-state index in [1.807, 2.05) is 65.2 Å². The first kappa shape index (κ1) is 33.1. The molecule has 0 spiro atoms. The van der Waals surface area contributed by atoms with Gasteiger partial charge in [0.2, 0.25) is 0 Å². The minimum Gasteiger partial charge on any atom is -0.493 e. The number of piperidine rings is 1. The Morgan fingerprint density at radius 3 is 2.26 bits per heavy atom. The van der Waals surface area contributed by atoms with Crippen LogP contribution in [0.25, 0.3) is 22.4 Å². The molecule has 0 amide bonds. The molecule has 2 aromatic carbocycles. The minimum absolute atomic E-state index is 0.187. The quantitative estimate of drug-likeness (QED) is 0.192. The van der Waals surface area contributed by atoms with E-state index in [2.05, 4.69) is 23.8 Å². The Balaban J connectivity index is 1.63. The van der Waals surface area contributed by atoms with Crippen LogP contribution in [0, 0.1) is 18.2 Å². The van der Waals surface area contributed by atoms with Crippen molar-refractivity contribution in [2.24, 2.45) is 12.5 Å². The molecular weight excluding hydrogens is 583 g/mol. The number of hydrogen-bond donors (Lipinski definition) is 1. The van der Waals surface area contributed by atoms with Gasteiger partial charge in [-0.25, -0.2) is 9.18 Å². The highest BCUT2D eigenvalue weighted by molar-refractivity contribution is 5.94. The summed E-state index contributed by atoms with van der Waals surface area (Å²) in [6.07, 6.45) is 5.09. The lowest BCUT2D eigenvalue weighted by Gasteiger charge is -2.41. The minimum atomic E-state index is -1.21. The highest BCUT2D eigenvalue weighted by Gasteiger charge is 2.37. The lowest BCUT2D eigenvalue weighted by atomic mass is 9.81. The van der Waals surface area contributed by atoms with Gasteiger partial charge in [0.1, 0.15) is 11.6 Å². The lowest BCUT2D eigenvalue weighted by molar-refractivity contribution is -0.160. The molecule has 5 rings (SSSR count). The van der Waals surface area contributed by atoms with Crippen LogP contribution in [0.15, 0.2) is 60.9 Å². The summed E-state index contributed by atoms with van der Waals surface area (Å²) in [5.74, 6) is -0.606. The third-order valence-corrected chi connectivity index (χ3v) is 8.48. The first-order chi connectivity index (χ1) is 21.7. The number of aliphatic carboxylic acids is 1. The topological polar surface area (TPSA) is 89.7 Å². The van der Waals surface area contributed by atoms with Gasteiger partial charge >= 0.3 is 5.97 Å². The fourth-order valence-corrected chi connectivity index (χ4v) is 5.95. The molecule has 8 nitrogen and oxygen atoms in total. The van der Waals surface area contributed by atoms with E-state index in [0.717, 1.165) is 59.6 Å². The van der Waals surface area contributed by atoms with Crippen molar-refractivity contribution in [3.63, 3.8) is 0 Å². The second kappa shape index (κ2) is 13.2. The maximum atomic E-state index is 13.3. The lowest BCUT2D eigenvalue weighted by Crippen LogP contribution is -2.39. The van der Waals surface area contributed by atoms with E-state index in [9.17, 15) is 14.3 Å². The summed E-state index contributed by atoms with van der Waals surface area (Å²) in [6.45, 7) is 14.0. The van der Waals surface area contributed by atoms with Crippen LogP contribution in [-0.4, -0.2) is 51.1 Å². The van der Waals surface area contributed by atoms with E-state index in [1.54, 1.807) is 23.0 Å². The van der Waals surface area contributed by atoms with Gasteiger partial charge in [0.15, 0.2) is 6.10 Å². The van der Waals surface area contributed by atoms with E-state index < -0.39 is 17.7 Å². The molecule has 3 heterocycles. The summed E-state index contributed by atoms with van der Waals surface area (Å²) in [6, 6.07) is 14.3. The van der Waals surface area contributed by atoms with Gasteiger partial charge in [-0.3, -0.25) is 9.67 Å². The summed E-state index contributed by atoms with van der Waals surface area (Å²) < 4.78 is 27.4. The van der Waals surface area contributed by atoms with Gasteiger partial charge in [0.05, 0.1) is 29.8 Å². The van der Waals surface area contributed by atoms with E-state index >= 15 is 0 Å². The van der Waals surface area contributed by atoms with Crippen molar-refractivity contribution < 1.29 is 23.8 Å². The highest BCUT2D eigenvalue weighted by Crippen LogP contribution is 2.47. The first-order valence-corrected chi connectivity index (χ1v) is 15.9. The zero-order valence-electron chi connectivity index (χ0n) is 27.9. The van der Waals surface area contributed by atoms with Crippen LogP contribution in [0.3, 0.4) is 0 Å². The van der Waals surface area contributed by atoms with Gasteiger partial charge in [-0.05, 0) is 81.3 Å². The predicted octanol–water partition coefficient (Wildman–Crippen LogP) is 7.79. The number of halogens is 1. The summed E-state index contributed by atoms with van der Waals surface area (Å²) in [4.78, 5) is 20.3. The Kier molecular flexibility index (Phi) is 9.54.